The summed E-state index contributed by atoms with van der Waals surface area (Å²) >= 11 is 0. The molecular weight excluding hydrogens is 384 g/mol. The molecule has 0 aliphatic heterocycles. The Bertz CT molecular complexity index is 1210. The monoisotopic (exact) mass is 406 g/mol. The standard InChI is InChI=1S/C21H22N6OS/c22-20-19-21(24-12-23-20)27(13-25-19)17-7-5-14(9-17)11-26-29(28)18-8-6-15-3-1-2-4-16(15)10-18/h1-4,6,8,10,12-14,17,26H,5,7,9,11H2,(H2,22,23,24)/t14-,17?,29?/m1/s1. The molecule has 2 heterocycles. The zero-order valence-electron chi connectivity index (χ0n) is 15.9. The topological polar surface area (TPSA) is 98.7 Å². The van der Waals surface area contributed by atoms with E-state index in [9.17, 15) is 4.21 Å². The van der Waals surface area contributed by atoms with Crippen LogP contribution in [0.3, 0.4) is 0 Å². The molecule has 148 valence electrons. The third-order valence-electron chi connectivity index (χ3n) is 5.73. The Morgan fingerprint density at radius 2 is 1.97 bits per heavy atom. The van der Waals surface area contributed by atoms with E-state index in [2.05, 4.69) is 30.3 Å². The van der Waals surface area contributed by atoms with Crippen molar-refractivity contribution in [3.63, 3.8) is 0 Å². The highest BCUT2D eigenvalue weighted by Gasteiger charge is 2.28. The molecule has 1 saturated carbocycles. The SMILES string of the molecule is Nc1ncnc2c1ncn2C1CC[C@@H](CNS(=O)c2ccc3ccccc3c2)C1. The van der Waals surface area contributed by atoms with Gasteiger partial charge in [0.1, 0.15) is 22.8 Å². The molecule has 2 aromatic heterocycles. The second-order valence-electron chi connectivity index (χ2n) is 7.54. The molecule has 2 unspecified atom stereocenters. The summed E-state index contributed by atoms with van der Waals surface area (Å²) in [4.78, 5) is 13.5. The van der Waals surface area contributed by atoms with Crippen LogP contribution >= 0.6 is 0 Å². The third kappa shape index (κ3) is 3.49. The van der Waals surface area contributed by atoms with E-state index in [4.69, 9.17) is 5.73 Å². The maximum absolute atomic E-state index is 12.7. The summed E-state index contributed by atoms with van der Waals surface area (Å²) in [5.41, 5.74) is 7.34. The molecular formula is C21H22N6OS. The number of rotatable bonds is 5. The van der Waals surface area contributed by atoms with E-state index in [1.807, 2.05) is 42.7 Å². The van der Waals surface area contributed by atoms with Gasteiger partial charge in [-0.25, -0.2) is 23.9 Å². The van der Waals surface area contributed by atoms with Crippen LogP contribution in [-0.2, 0) is 11.0 Å². The van der Waals surface area contributed by atoms with Crippen molar-refractivity contribution in [3.05, 3.63) is 55.1 Å². The average Bonchev–Trinajstić information content (AvgIpc) is 3.39. The fraction of sp³-hybridized carbons (Fsp3) is 0.286. The molecule has 0 saturated heterocycles. The van der Waals surface area contributed by atoms with Gasteiger partial charge < -0.3 is 10.3 Å². The number of nitrogens with one attached hydrogen (secondary N) is 1. The third-order valence-corrected chi connectivity index (χ3v) is 6.84. The minimum absolute atomic E-state index is 0.329. The quantitative estimate of drug-likeness (QED) is 0.530. The van der Waals surface area contributed by atoms with E-state index in [0.29, 0.717) is 23.3 Å². The van der Waals surface area contributed by atoms with E-state index >= 15 is 0 Å². The summed E-state index contributed by atoms with van der Waals surface area (Å²) in [6.07, 6.45) is 6.41. The minimum atomic E-state index is -1.22. The van der Waals surface area contributed by atoms with Crippen molar-refractivity contribution in [1.29, 1.82) is 0 Å². The lowest BCUT2D eigenvalue weighted by molar-refractivity contribution is 0.479. The molecule has 5 rings (SSSR count). The summed E-state index contributed by atoms with van der Waals surface area (Å²) in [7, 11) is -1.22. The number of hydrogen-bond acceptors (Lipinski definition) is 5. The Labute approximate surface area is 171 Å². The molecule has 4 aromatic rings. The van der Waals surface area contributed by atoms with Crippen LogP contribution in [-0.4, -0.2) is 30.3 Å². The highest BCUT2D eigenvalue weighted by molar-refractivity contribution is 7.83. The summed E-state index contributed by atoms with van der Waals surface area (Å²) in [6.45, 7) is 0.722. The number of hydrogen-bond donors (Lipinski definition) is 2. The van der Waals surface area contributed by atoms with Gasteiger partial charge in [-0.05, 0) is 48.1 Å². The zero-order chi connectivity index (χ0) is 19.8. The largest absolute Gasteiger partial charge is 0.382 e. The Morgan fingerprint density at radius 1 is 1.10 bits per heavy atom. The van der Waals surface area contributed by atoms with Crippen molar-refractivity contribution in [2.45, 2.75) is 30.2 Å². The van der Waals surface area contributed by atoms with Crippen LogP contribution in [0, 0.1) is 5.92 Å². The van der Waals surface area contributed by atoms with Gasteiger partial charge >= 0.3 is 0 Å². The van der Waals surface area contributed by atoms with E-state index < -0.39 is 11.0 Å². The molecule has 1 aliphatic rings. The van der Waals surface area contributed by atoms with Crippen molar-refractivity contribution in [3.8, 4) is 0 Å². The number of nitrogens with two attached hydrogens (primary N) is 1. The number of imidazole rings is 1. The van der Waals surface area contributed by atoms with Gasteiger partial charge in [0.15, 0.2) is 11.5 Å². The molecule has 29 heavy (non-hydrogen) atoms. The fourth-order valence-electron chi connectivity index (χ4n) is 4.18. The van der Waals surface area contributed by atoms with Gasteiger partial charge in [0.05, 0.1) is 11.2 Å². The van der Waals surface area contributed by atoms with Gasteiger partial charge in [-0.1, -0.05) is 30.3 Å². The van der Waals surface area contributed by atoms with Crippen molar-refractivity contribution in [1.82, 2.24) is 24.2 Å². The Morgan fingerprint density at radius 3 is 2.86 bits per heavy atom. The number of fused-ring (bicyclic) bond motifs is 2. The molecule has 1 fully saturated rings. The predicted molar refractivity (Wildman–Crippen MR) is 114 cm³/mol. The highest BCUT2D eigenvalue weighted by Crippen LogP contribution is 2.36. The van der Waals surface area contributed by atoms with Gasteiger partial charge in [0, 0.05) is 12.6 Å². The van der Waals surface area contributed by atoms with Crippen molar-refractivity contribution in [2.24, 2.45) is 5.92 Å². The first-order valence-corrected chi connectivity index (χ1v) is 10.9. The van der Waals surface area contributed by atoms with Crippen molar-refractivity contribution >= 4 is 38.7 Å². The molecule has 7 nitrogen and oxygen atoms in total. The number of benzene rings is 2. The Balaban J connectivity index is 1.24. The van der Waals surface area contributed by atoms with E-state index in [-0.39, 0.29) is 0 Å². The van der Waals surface area contributed by atoms with E-state index in [1.54, 1.807) is 0 Å². The van der Waals surface area contributed by atoms with Gasteiger partial charge in [-0.3, -0.25) is 0 Å². The molecule has 8 heteroatoms. The van der Waals surface area contributed by atoms with E-state index in [0.717, 1.165) is 47.1 Å². The van der Waals surface area contributed by atoms with Crippen LogP contribution in [0.2, 0.25) is 0 Å². The molecule has 0 radical (unpaired) electrons. The first kappa shape index (κ1) is 18.2. The summed E-state index contributed by atoms with van der Waals surface area (Å²) in [5, 5.41) is 2.26. The molecule has 3 atom stereocenters. The normalized spacial score (nSPS) is 20.4. The van der Waals surface area contributed by atoms with Crippen LogP contribution in [0.1, 0.15) is 25.3 Å². The number of aromatic nitrogens is 4. The first-order chi connectivity index (χ1) is 14.2. The van der Waals surface area contributed by atoms with Gasteiger partial charge in [-0.2, -0.15) is 0 Å². The maximum Gasteiger partial charge on any atom is 0.165 e. The highest BCUT2D eigenvalue weighted by atomic mass is 32.2. The Hall–Kier alpha value is -2.84. The van der Waals surface area contributed by atoms with E-state index in [1.165, 1.54) is 6.33 Å². The lowest BCUT2D eigenvalue weighted by atomic mass is 10.1. The molecule has 1 aliphatic carbocycles. The number of nitrogen functional groups attached to an aromatic ring is 1. The fourth-order valence-corrected chi connectivity index (χ4v) is 5.16. The second kappa shape index (κ2) is 7.53. The van der Waals surface area contributed by atoms with Crippen LogP contribution in [0.5, 0.6) is 0 Å². The predicted octanol–water partition coefficient (Wildman–Crippen LogP) is 3.22. The molecule has 0 amide bonds. The summed E-state index contributed by atoms with van der Waals surface area (Å²) in [5.74, 6) is 0.872. The van der Waals surface area contributed by atoms with Crippen LogP contribution in [0.15, 0.2) is 60.0 Å². The van der Waals surface area contributed by atoms with Crippen LogP contribution in [0.25, 0.3) is 21.9 Å². The van der Waals surface area contributed by atoms with Crippen LogP contribution < -0.4 is 10.5 Å². The van der Waals surface area contributed by atoms with Gasteiger partial charge in [-0.15, -0.1) is 0 Å². The number of anilines is 1. The summed E-state index contributed by atoms with van der Waals surface area (Å²) < 4.78 is 18.0. The molecule has 2 aromatic carbocycles. The smallest absolute Gasteiger partial charge is 0.165 e. The van der Waals surface area contributed by atoms with Crippen LogP contribution in [0.4, 0.5) is 5.82 Å². The summed E-state index contributed by atoms with van der Waals surface area (Å²) in [6, 6.07) is 14.4. The number of nitrogens with zero attached hydrogens (tertiary/aromatic N) is 4. The molecule has 3 N–H and O–H groups in total. The lowest BCUT2D eigenvalue weighted by Gasteiger charge is -2.14. The Kier molecular flexibility index (Phi) is 4.73. The second-order valence-corrected chi connectivity index (χ2v) is 8.84. The van der Waals surface area contributed by atoms with Crippen molar-refractivity contribution in [2.75, 3.05) is 12.3 Å². The average molecular weight is 407 g/mol. The lowest BCUT2D eigenvalue weighted by Crippen LogP contribution is -2.24. The maximum atomic E-state index is 12.7. The first-order valence-electron chi connectivity index (χ1n) is 9.76. The zero-order valence-corrected chi connectivity index (χ0v) is 16.7. The van der Waals surface area contributed by atoms with Crippen molar-refractivity contribution < 1.29 is 4.21 Å². The minimum Gasteiger partial charge on any atom is -0.382 e. The van der Waals surface area contributed by atoms with Gasteiger partial charge in [0.25, 0.3) is 0 Å². The molecule has 0 bridgehead atoms. The van der Waals surface area contributed by atoms with Gasteiger partial charge in [0.2, 0.25) is 0 Å². The molecule has 0 spiro atoms.